The van der Waals surface area contributed by atoms with E-state index in [1.807, 2.05) is 53.4 Å². The molecule has 0 saturated carbocycles. The molecule has 31 heavy (non-hydrogen) atoms. The Morgan fingerprint density at radius 1 is 0.839 bits per heavy atom. The quantitative estimate of drug-likeness (QED) is 0.268. The van der Waals surface area contributed by atoms with Crippen LogP contribution in [-0.4, -0.2) is 41.9 Å². The van der Waals surface area contributed by atoms with Crippen LogP contribution >= 0.6 is 0 Å². The first-order chi connectivity index (χ1) is 15.1. The Hall–Kier alpha value is -3.93. The number of anilines is 1. The Labute approximate surface area is 181 Å². The molecule has 0 bridgehead atoms. The largest absolute Gasteiger partial charge is 0.368 e. The number of benzene rings is 3. The summed E-state index contributed by atoms with van der Waals surface area (Å²) in [6.45, 7) is 2.75. The van der Waals surface area contributed by atoms with Crippen LogP contribution in [0.2, 0.25) is 0 Å². The van der Waals surface area contributed by atoms with Gasteiger partial charge < -0.3 is 9.80 Å². The number of hydrogen-bond donors (Lipinski definition) is 0. The van der Waals surface area contributed by atoms with Gasteiger partial charge in [-0.1, -0.05) is 60.7 Å². The molecule has 1 amide bonds. The summed E-state index contributed by atoms with van der Waals surface area (Å²) in [6.07, 6.45) is 1.74. The molecule has 156 valence electrons. The maximum atomic E-state index is 13.5. The molecule has 1 fully saturated rings. The zero-order chi connectivity index (χ0) is 21.6. The zero-order valence-electron chi connectivity index (χ0n) is 17.1. The summed E-state index contributed by atoms with van der Waals surface area (Å²) in [4.78, 5) is 28.3. The lowest BCUT2D eigenvalue weighted by atomic mass is 10.0. The van der Waals surface area contributed by atoms with Crippen LogP contribution in [0.25, 0.3) is 11.6 Å². The number of carbonyl (C=O) groups is 1. The van der Waals surface area contributed by atoms with Crippen molar-refractivity contribution in [2.75, 3.05) is 31.1 Å². The highest BCUT2D eigenvalue weighted by Crippen LogP contribution is 2.24. The monoisotopic (exact) mass is 413 g/mol. The Morgan fingerprint density at radius 2 is 1.48 bits per heavy atom. The number of non-ortho nitro benzene ring substituents is 1. The number of para-hydroxylation sites is 1. The Balaban J connectivity index is 1.59. The fourth-order valence-corrected chi connectivity index (χ4v) is 3.76. The highest BCUT2D eigenvalue weighted by molar-refractivity contribution is 6.24. The van der Waals surface area contributed by atoms with Crippen molar-refractivity contribution in [1.82, 2.24) is 4.90 Å². The van der Waals surface area contributed by atoms with E-state index in [2.05, 4.69) is 17.0 Å². The summed E-state index contributed by atoms with van der Waals surface area (Å²) in [7, 11) is 0. The zero-order valence-corrected chi connectivity index (χ0v) is 17.1. The maximum absolute atomic E-state index is 13.5. The molecule has 3 aromatic rings. The van der Waals surface area contributed by atoms with Gasteiger partial charge >= 0.3 is 0 Å². The summed E-state index contributed by atoms with van der Waals surface area (Å²) in [5, 5.41) is 11.1. The van der Waals surface area contributed by atoms with Gasteiger partial charge in [-0.3, -0.25) is 14.9 Å². The van der Waals surface area contributed by atoms with Crippen LogP contribution in [0.15, 0.2) is 84.9 Å². The van der Waals surface area contributed by atoms with E-state index in [-0.39, 0.29) is 11.6 Å². The standard InChI is InChI=1S/C25H23N3O3/c29-25(27-16-14-26(15-17-27)22-11-5-2-6-12-22)24(21-9-3-1-4-10-21)19-20-8-7-13-23(18-20)28(30)31/h1-13,18-19H,14-17H2/b24-19+. The van der Waals surface area contributed by atoms with Crippen LogP contribution in [0.5, 0.6) is 0 Å². The van der Waals surface area contributed by atoms with E-state index in [0.717, 1.165) is 24.3 Å². The molecule has 6 nitrogen and oxygen atoms in total. The number of nitro groups is 1. The average molecular weight is 413 g/mol. The number of nitrogens with zero attached hydrogens (tertiary/aromatic N) is 3. The van der Waals surface area contributed by atoms with Crippen LogP contribution in [0, 0.1) is 10.1 Å². The fourth-order valence-electron chi connectivity index (χ4n) is 3.76. The van der Waals surface area contributed by atoms with E-state index < -0.39 is 4.92 Å². The molecule has 1 aliphatic rings. The van der Waals surface area contributed by atoms with Gasteiger partial charge in [-0.25, -0.2) is 0 Å². The molecule has 4 rings (SSSR count). The van der Waals surface area contributed by atoms with E-state index in [1.165, 1.54) is 12.1 Å². The predicted molar refractivity (Wildman–Crippen MR) is 123 cm³/mol. The topological polar surface area (TPSA) is 66.7 Å². The average Bonchev–Trinajstić information content (AvgIpc) is 2.83. The first-order valence-electron chi connectivity index (χ1n) is 10.2. The summed E-state index contributed by atoms with van der Waals surface area (Å²) in [5.74, 6) is -0.0644. The first-order valence-corrected chi connectivity index (χ1v) is 10.2. The van der Waals surface area contributed by atoms with Crippen molar-refractivity contribution in [2.45, 2.75) is 0 Å². The van der Waals surface area contributed by atoms with E-state index in [1.54, 1.807) is 18.2 Å². The van der Waals surface area contributed by atoms with Crippen molar-refractivity contribution in [3.63, 3.8) is 0 Å². The van der Waals surface area contributed by atoms with Crippen molar-refractivity contribution in [3.8, 4) is 0 Å². The molecular weight excluding hydrogens is 390 g/mol. The molecule has 1 heterocycles. The second kappa shape index (κ2) is 9.26. The minimum Gasteiger partial charge on any atom is -0.368 e. The molecule has 1 aliphatic heterocycles. The lowest BCUT2D eigenvalue weighted by Crippen LogP contribution is -2.49. The molecule has 0 unspecified atom stereocenters. The van der Waals surface area contributed by atoms with Gasteiger partial charge in [0, 0.05) is 49.6 Å². The molecule has 6 heteroatoms. The van der Waals surface area contributed by atoms with Gasteiger partial charge in [-0.05, 0) is 29.3 Å². The SMILES string of the molecule is O=C(/C(=C/c1cccc([N+](=O)[O-])c1)c1ccccc1)N1CCN(c2ccccc2)CC1. The van der Waals surface area contributed by atoms with Crippen LogP contribution in [0.4, 0.5) is 11.4 Å². The van der Waals surface area contributed by atoms with Crippen LogP contribution < -0.4 is 4.90 Å². The first kappa shape index (κ1) is 20.3. The Morgan fingerprint density at radius 3 is 2.13 bits per heavy atom. The van der Waals surface area contributed by atoms with Crippen molar-refractivity contribution < 1.29 is 9.72 Å². The van der Waals surface area contributed by atoms with Gasteiger partial charge in [0.05, 0.1) is 4.92 Å². The lowest BCUT2D eigenvalue weighted by molar-refractivity contribution is -0.384. The molecule has 1 saturated heterocycles. The number of nitro benzene ring substituents is 1. The maximum Gasteiger partial charge on any atom is 0.270 e. The van der Waals surface area contributed by atoms with E-state index in [4.69, 9.17) is 0 Å². The minimum atomic E-state index is -0.426. The molecule has 0 N–H and O–H groups in total. The predicted octanol–water partition coefficient (Wildman–Crippen LogP) is 4.48. The van der Waals surface area contributed by atoms with Gasteiger partial charge in [0.2, 0.25) is 0 Å². The lowest BCUT2D eigenvalue weighted by Gasteiger charge is -2.36. The number of carbonyl (C=O) groups excluding carboxylic acids is 1. The summed E-state index contributed by atoms with van der Waals surface area (Å²) in [6, 6.07) is 26.0. The van der Waals surface area contributed by atoms with E-state index in [9.17, 15) is 14.9 Å². The molecule has 3 aromatic carbocycles. The van der Waals surface area contributed by atoms with Gasteiger partial charge in [0.25, 0.3) is 11.6 Å². The summed E-state index contributed by atoms with van der Waals surface area (Å²) < 4.78 is 0. The van der Waals surface area contributed by atoms with Crippen LogP contribution in [0.1, 0.15) is 11.1 Å². The fraction of sp³-hybridized carbons (Fsp3) is 0.160. The van der Waals surface area contributed by atoms with Crippen LogP contribution in [-0.2, 0) is 4.79 Å². The normalized spacial score (nSPS) is 14.4. The number of amides is 1. The second-order valence-corrected chi connectivity index (χ2v) is 7.39. The highest BCUT2D eigenvalue weighted by atomic mass is 16.6. The molecule has 0 atom stereocenters. The van der Waals surface area contributed by atoms with Crippen LogP contribution in [0.3, 0.4) is 0 Å². The Bertz CT molecular complexity index is 1090. The molecule has 0 aromatic heterocycles. The number of rotatable bonds is 5. The molecule has 0 radical (unpaired) electrons. The Kier molecular flexibility index (Phi) is 6.08. The van der Waals surface area contributed by atoms with Gasteiger partial charge in [-0.15, -0.1) is 0 Å². The van der Waals surface area contributed by atoms with Crippen molar-refractivity contribution >= 4 is 28.9 Å². The molecule has 0 aliphatic carbocycles. The summed E-state index contributed by atoms with van der Waals surface area (Å²) >= 11 is 0. The van der Waals surface area contributed by atoms with E-state index in [0.29, 0.717) is 24.2 Å². The minimum absolute atomic E-state index is 0.00471. The molecular formula is C25H23N3O3. The number of piperazine rings is 1. The van der Waals surface area contributed by atoms with Gasteiger partial charge in [0.15, 0.2) is 0 Å². The van der Waals surface area contributed by atoms with Gasteiger partial charge in [-0.2, -0.15) is 0 Å². The molecule has 0 spiro atoms. The second-order valence-electron chi connectivity index (χ2n) is 7.39. The third-order valence-corrected chi connectivity index (χ3v) is 5.40. The van der Waals surface area contributed by atoms with E-state index >= 15 is 0 Å². The third-order valence-electron chi connectivity index (χ3n) is 5.40. The highest BCUT2D eigenvalue weighted by Gasteiger charge is 2.24. The smallest absolute Gasteiger partial charge is 0.270 e. The van der Waals surface area contributed by atoms with Crippen molar-refractivity contribution in [3.05, 3.63) is 106 Å². The third kappa shape index (κ3) is 4.80. The summed E-state index contributed by atoms with van der Waals surface area (Å²) in [5.41, 5.74) is 3.12. The number of hydrogen-bond acceptors (Lipinski definition) is 4. The van der Waals surface area contributed by atoms with Crippen molar-refractivity contribution in [1.29, 1.82) is 0 Å². The van der Waals surface area contributed by atoms with Gasteiger partial charge in [0.1, 0.15) is 0 Å². The van der Waals surface area contributed by atoms with Crippen molar-refractivity contribution in [2.24, 2.45) is 0 Å².